The average Bonchev–Trinajstić information content (AvgIpc) is 3.25. The van der Waals surface area contributed by atoms with Gasteiger partial charge in [-0.25, -0.2) is 4.99 Å². The lowest BCUT2D eigenvalue weighted by Crippen LogP contribution is -2.28. The van der Waals surface area contributed by atoms with Crippen LogP contribution in [0.2, 0.25) is 0 Å². The van der Waals surface area contributed by atoms with Gasteiger partial charge in [-0.1, -0.05) is 36.0 Å². The van der Waals surface area contributed by atoms with E-state index in [1.165, 1.54) is 34.5 Å². The number of aliphatic imine (C=N–C) groups is 2. The maximum Gasteiger partial charge on any atom is 0.261 e. The van der Waals surface area contributed by atoms with Crippen LogP contribution in [-0.4, -0.2) is 45.7 Å². The van der Waals surface area contributed by atoms with Crippen molar-refractivity contribution in [3.05, 3.63) is 47.0 Å². The lowest BCUT2D eigenvalue weighted by Gasteiger charge is -2.12. The summed E-state index contributed by atoms with van der Waals surface area (Å²) in [7, 11) is 0. The van der Waals surface area contributed by atoms with Gasteiger partial charge < -0.3 is 10.3 Å². The maximum atomic E-state index is 12.1. The predicted molar refractivity (Wildman–Crippen MR) is 117 cm³/mol. The first-order chi connectivity index (χ1) is 13.6. The summed E-state index contributed by atoms with van der Waals surface area (Å²) >= 11 is 2.95. The number of carbonyl (C=O) groups is 2. The summed E-state index contributed by atoms with van der Waals surface area (Å²) in [4.78, 5) is 37.0. The van der Waals surface area contributed by atoms with Crippen molar-refractivity contribution in [1.29, 1.82) is 0 Å². The highest BCUT2D eigenvalue weighted by Gasteiger charge is 2.32. The number of amidine groups is 1. The van der Waals surface area contributed by atoms with E-state index in [2.05, 4.69) is 26.4 Å². The van der Waals surface area contributed by atoms with Crippen molar-refractivity contribution in [2.45, 2.75) is 13.3 Å². The third kappa shape index (κ3) is 4.23. The van der Waals surface area contributed by atoms with Crippen molar-refractivity contribution < 1.29 is 9.59 Å². The van der Waals surface area contributed by atoms with Crippen LogP contribution in [0, 0.1) is 5.92 Å². The molecule has 1 unspecified atom stereocenters. The topological polar surface area (TPSA) is 86.7 Å². The van der Waals surface area contributed by atoms with Crippen molar-refractivity contribution in [2.24, 2.45) is 15.9 Å². The molecule has 3 heterocycles. The monoisotopic (exact) mass is 412 g/mol. The number of allylic oxidation sites excluding steroid dienone is 1. The SMILES string of the molecule is CC1=CC2C(=O)N=C(CSCC(=O)NCCc3c[nH]c4ccccc34)N=C2S1. The molecule has 6 nitrogen and oxygen atoms in total. The van der Waals surface area contributed by atoms with E-state index in [1.807, 2.05) is 37.4 Å². The van der Waals surface area contributed by atoms with E-state index >= 15 is 0 Å². The summed E-state index contributed by atoms with van der Waals surface area (Å²) in [5.41, 5.74) is 2.30. The highest BCUT2D eigenvalue weighted by Crippen LogP contribution is 2.34. The summed E-state index contributed by atoms with van der Waals surface area (Å²) in [5, 5.41) is 4.94. The van der Waals surface area contributed by atoms with Crippen LogP contribution in [-0.2, 0) is 16.0 Å². The highest BCUT2D eigenvalue weighted by atomic mass is 32.2. The molecule has 28 heavy (non-hydrogen) atoms. The van der Waals surface area contributed by atoms with Gasteiger partial charge in [0.25, 0.3) is 5.91 Å². The van der Waals surface area contributed by atoms with Gasteiger partial charge in [0, 0.05) is 23.6 Å². The molecule has 0 saturated heterocycles. The van der Waals surface area contributed by atoms with Crippen molar-refractivity contribution in [1.82, 2.24) is 10.3 Å². The predicted octanol–water partition coefficient (Wildman–Crippen LogP) is 3.16. The number of carbonyl (C=O) groups excluding carboxylic acids is 2. The molecule has 1 aromatic carbocycles. The molecule has 0 aliphatic carbocycles. The number of amides is 2. The number of benzene rings is 1. The van der Waals surface area contributed by atoms with E-state index in [-0.39, 0.29) is 17.7 Å². The van der Waals surface area contributed by atoms with Crippen LogP contribution < -0.4 is 5.32 Å². The first kappa shape index (κ1) is 19.0. The number of rotatable bonds is 7. The second kappa shape index (κ2) is 8.36. The third-order valence-corrected chi connectivity index (χ3v) is 6.47. The Labute approximate surface area is 171 Å². The maximum absolute atomic E-state index is 12.1. The van der Waals surface area contributed by atoms with E-state index in [0.717, 1.165) is 21.9 Å². The number of H-pyrrole nitrogens is 1. The van der Waals surface area contributed by atoms with Gasteiger partial charge >= 0.3 is 0 Å². The third-order valence-electron chi connectivity index (χ3n) is 4.53. The Morgan fingerprint density at radius 2 is 2.18 bits per heavy atom. The second-order valence-electron chi connectivity index (χ2n) is 6.63. The quantitative estimate of drug-likeness (QED) is 0.731. The molecule has 4 rings (SSSR count). The van der Waals surface area contributed by atoms with Crippen molar-refractivity contribution in [3.63, 3.8) is 0 Å². The molecular weight excluding hydrogens is 392 g/mol. The normalized spacial score (nSPS) is 18.5. The number of hydrogen-bond acceptors (Lipinski definition) is 5. The molecule has 8 heteroatoms. The molecule has 0 bridgehead atoms. The van der Waals surface area contributed by atoms with Gasteiger partial charge in [-0.05, 0) is 29.9 Å². The minimum Gasteiger partial charge on any atom is -0.361 e. The fourth-order valence-electron chi connectivity index (χ4n) is 3.21. The number of fused-ring (bicyclic) bond motifs is 2. The summed E-state index contributed by atoms with van der Waals surface area (Å²) in [6.45, 7) is 2.56. The number of thioether (sulfide) groups is 2. The van der Waals surface area contributed by atoms with Gasteiger partial charge in [0.05, 0.1) is 16.5 Å². The second-order valence-corrected chi connectivity index (χ2v) is 8.88. The van der Waals surface area contributed by atoms with Crippen molar-refractivity contribution >= 4 is 57.1 Å². The first-order valence-electron chi connectivity index (χ1n) is 9.06. The molecule has 0 saturated carbocycles. The minimum absolute atomic E-state index is 0.0224. The van der Waals surface area contributed by atoms with Crippen LogP contribution >= 0.6 is 23.5 Å². The molecule has 0 radical (unpaired) electrons. The molecule has 2 aliphatic heterocycles. The van der Waals surface area contributed by atoms with Crippen LogP contribution in [0.25, 0.3) is 10.9 Å². The molecule has 0 spiro atoms. The lowest BCUT2D eigenvalue weighted by atomic mass is 10.1. The minimum atomic E-state index is -0.299. The zero-order valence-electron chi connectivity index (χ0n) is 15.4. The van der Waals surface area contributed by atoms with Gasteiger partial charge in [0.1, 0.15) is 11.8 Å². The first-order valence-corrected chi connectivity index (χ1v) is 11.0. The lowest BCUT2D eigenvalue weighted by molar-refractivity contribution is -0.119. The number of para-hydroxylation sites is 1. The molecule has 1 aromatic heterocycles. The Morgan fingerprint density at radius 3 is 3.07 bits per heavy atom. The number of aromatic amines is 1. The molecule has 1 atom stereocenters. The smallest absolute Gasteiger partial charge is 0.261 e. The Bertz CT molecular complexity index is 1020. The average molecular weight is 413 g/mol. The van der Waals surface area contributed by atoms with Gasteiger partial charge in [-0.2, -0.15) is 4.99 Å². The molecule has 2 aromatic rings. The number of hydrogen-bond donors (Lipinski definition) is 2. The Morgan fingerprint density at radius 1 is 1.32 bits per heavy atom. The van der Waals surface area contributed by atoms with E-state index in [9.17, 15) is 9.59 Å². The summed E-state index contributed by atoms with van der Waals surface area (Å²) in [6, 6.07) is 8.14. The summed E-state index contributed by atoms with van der Waals surface area (Å²) in [5.74, 6) is 0.797. The van der Waals surface area contributed by atoms with E-state index in [0.29, 0.717) is 23.9 Å². The number of nitrogens with zero attached hydrogens (tertiary/aromatic N) is 2. The van der Waals surface area contributed by atoms with E-state index in [4.69, 9.17) is 0 Å². The highest BCUT2D eigenvalue weighted by molar-refractivity contribution is 8.17. The Hall–Kier alpha value is -2.32. The molecule has 144 valence electrons. The Kier molecular flexibility index (Phi) is 5.68. The molecule has 2 N–H and O–H groups in total. The van der Waals surface area contributed by atoms with Crippen LogP contribution in [0.4, 0.5) is 0 Å². The summed E-state index contributed by atoms with van der Waals surface area (Å²) < 4.78 is 0. The molecule has 2 amide bonds. The molecule has 2 aliphatic rings. The largest absolute Gasteiger partial charge is 0.361 e. The van der Waals surface area contributed by atoms with Crippen LogP contribution in [0.15, 0.2) is 51.4 Å². The Balaban J connectivity index is 1.20. The van der Waals surface area contributed by atoms with Gasteiger partial charge in [0.2, 0.25) is 5.91 Å². The van der Waals surface area contributed by atoms with Gasteiger partial charge in [0.15, 0.2) is 0 Å². The number of nitrogens with one attached hydrogen (secondary N) is 2. The number of aromatic nitrogens is 1. The van der Waals surface area contributed by atoms with Crippen molar-refractivity contribution in [3.8, 4) is 0 Å². The van der Waals surface area contributed by atoms with E-state index in [1.54, 1.807) is 0 Å². The molecule has 0 fully saturated rings. The van der Waals surface area contributed by atoms with E-state index < -0.39 is 0 Å². The molecular formula is C20H20N4O2S2. The van der Waals surface area contributed by atoms with Crippen molar-refractivity contribution in [2.75, 3.05) is 18.1 Å². The standard InChI is InChI=1S/C20H20N4O2S2/c1-12-8-15-19(26)23-17(24-20(15)28-12)10-27-11-18(25)21-7-6-13-9-22-16-5-3-2-4-14(13)16/h2-5,8-9,15,22H,6-7,10-11H2,1H3,(H,21,25). The van der Waals surface area contributed by atoms with Gasteiger partial charge in [-0.3, -0.25) is 9.59 Å². The zero-order chi connectivity index (χ0) is 19.5. The van der Waals surface area contributed by atoms with Crippen LogP contribution in [0.5, 0.6) is 0 Å². The zero-order valence-corrected chi connectivity index (χ0v) is 17.0. The van der Waals surface area contributed by atoms with Crippen LogP contribution in [0.3, 0.4) is 0 Å². The van der Waals surface area contributed by atoms with Gasteiger partial charge in [-0.15, -0.1) is 11.8 Å². The fourth-order valence-corrected chi connectivity index (χ4v) is 4.89. The fraction of sp³-hybridized carbons (Fsp3) is 0.300. The van der Waals surface area contributed by atoms with Crippen LogP contribution in [0.1, 0.15) is 12.5 Å². The summed E-state index contributed by atoms with van der Waals surface area (Å²) in [6.07, 6.45) is 4.68.